The Morgan fingerprint density at radius 3 is 2.39 bits per heavy atom. The maximum Gasteiger partial charge on any atom is 0.343 e. The third kappa shape index (κ3) is 5.67. The van der Waals surface area contributed by atoms with Gasteiger partial charge in [-0.05, 0) is 95.2 Å². The van der Waals surface area contributed by atoms with E-state index in [0.29, 0.717) is 39.3 Å². The first-order valence-electron chi connectivity index (χ1n) is 11.1. The first kappa shape index (κ1) is 26.0. The first-order chi connectivity index (χ1) is 17.3. The number of amides is 3. The molecule has 2 fully saturated rings. The lowest BCUT2D eigenvalue weighted by Gasteiger charge is -2.18. The number of methoxy groups -OCH3 is 2. The van der Waals surface area contributed by atoms with Crippen LogP contribution in [0.15, 0.2) is 41.3 Å². The number of rotatable bonds is 7. The molecule has 0 saturated carbocycles. The van der Waals surface area contributed by atoms with Crippen LogP contribution in [-0.2, 0) is 9.59 Å². The van der Waals surface area contributed by atoms with Gasteiger partial charge in [0.1, 0.15) is 12.3 Å². The largest absolute Gasteiger partial charge is 0.497 e. The van der Waals surface area contributed by atoms with E-state index in [4.69, 9.17) is 14.2 Å². The maximum absolute atomic E-state index is 12.9. The molecule has 2 aromatic carbocycles. The summed E-state index contributed by atoms with van der Waals surface area (Å²) in [7, 11) is 2.98. The van der Waals surface area contributed by atoms with Crippen LogP contribution in [0.2, 0.25) is 0 Å². The van der Waals surface area contributed by atoms with Crippen LogP contribution in [0.5, 0.6) is 17.2 Å². The quantitative estimate of drug-likeness (QED) is 0.196. The van der Waals surface area contributed by atoms with E-state index in [9.17, 15) is 19.2 Å². The lowest BCUT2D eigenvalue weighted by atomic mass is 10.1. The van der Waals surface area contributed by atoms with E-state index >= 15 is 0 Å². The summed E-state index contributed by atoms with van der Waals surface area (Å²) in [6, 6.07) is 9.84. The smallest absolute Gasteiger partial charge is 0.343 e. The second kappa shape index (κ2) is 11.3. The van der Waals surface area contributed by atoms with Crippen LogP contribution in [-0.4, -0.2) is 66.7 Å². The van der Waals surface area contributed by atoms with Gasteiger partial charge in [0, 0.05) is 13.1 Å². The third-order valence-corrected chi connectivity index (χ3v) is 7.40. The molecule has 0 N–H and O–H groups in total. The SMILES string of the molecule is COc1ccc(C(=O)Oc2c(I)cc(/C=C3\SC(=O)N(CC(=O)N4CCCC4)C3=O)cc2OC)cc1. The van der Waals surface area contributed by atoms with Crippen molar-refractivity contribution in [3.8, 4) is 17.2 Å². The van der Waals surface area contributed by atoms with Crippen molar-refractivity contribution in [1.82, 2.24) is 9.80 Å². The number of thioether (sulfide) groups is 1. The number of imide groups is 1. The number of nitrogens with zero attached hydrogens (tertiary/aromatic N) is 2. The van der Waals surface area contributed by atoms with Crippen LogP contribution in [0.25, 0.3) is 6.08 Å². The van der Waals surface area contributed by atoms with Gasteiger partial charge in [0.2, 0.25) is 5.91 Å². The van der Waals surface area contributed by atoms with Crippen LogP contribution in [0, 0.1) is 3.57 Å². The molecule has 36 heavy (non-hydrogen) atoms. The highest BCUT2D eigenvalue weighted by molar-refractivity contribution is 14.1. The average molecular weight is 622 g/mol. The molecule has 2 aliphatic rings. The predicted molar refractivity (Wildman–Crippen MR) is 142 cm³/mol. The molecule has 0 radical (unpaired) electrons. The van der Waals surface area contributed by atoms with Gasteiger partial charge >= 0.3 is 5.97 Å². The van der Waals surface area contributed by atoms with E-state index in [1.807, 2.05) is 22.6 Å². The molecule has 4 rings (SSSR count). The Kier molecular flexibility index (Phi) is 8.19. The lowest BCUT2D eigenvalue weighted by molar-refractivity contribution is -0.135. The van der Waals surface area contributed by atoms with Crippen LogP contribution >= 0.6 is 34.4 Å². The predicted octanol–water partition coefficient (Wildman–Crippen LogP) is 4.19. The summed E-state index contributed by atoms with van der Waals surface area (Å²) in [5.74, 6) is -0.158. The number of hydrogen-bond donors (Lipinski definition) is 0. The van der Waals surface area contributed by atoms with Crippen molar-refractivity contribution in [2.24, 2.45) is 0 Å². The van der Waals surface area contributed by atoms with Crippen molar-refractivity contribution in [3.05, 3.63) is 56.0 Å². The molecule has 3 amide bonds. The second-order valence-electron chi connectivity index (χ2n) is 8.01. The molecule has 0 aromatic heterocycles. The molecule has 2 saturated heterocycles. The van der Waals surface area contributed by atoms with Gasteiger partial charge in [0.15, 0.2) is 11.5 Å². The van der Waals surface area contributed by atoms with E-state index < -0.39 is 17.1 Å². The fraction of sp³-hybridized carbons (Fsp3) is 0.280. The van der Waals surface area contributed by atoms with Crippen LogP contribution in [0.3, 0.4) is 0 Å². The van der Waals surface area contributed by atoms with E-state index in [-0.39, 0.29) is 23.1 Å². The van der Waals surface area contributed by atoms with Gasteiger partial charge < -0.3 is 19.1 Å². The van der Waals surface area contributed by atoms with Crippen molar-refractivity contribution in [2.75, 3.05) is 33.9 Å². The maximum atomic E-state index is 12.9. The summed E-state index contributed by atoms with van der Waals surface area (Å²) in [6.45, 7) is 1.04. The number of hydrogen-bond acceptors (Lipinski definition) is 8. The Morgan fingerprint density at radius 1 is 1.06 bits per heavy atom. The van der Waals surface area contributed by atoms with Crippen molar-refractivity contribution in [3.63, 3.8) is 0 Å². The van der Waals surface area contributed by atoms with Gasteiger partial charge in [0.05, 0.1) is 28.3 Å². The number of carbonyl (C=O) groups excluding carboxylic acids is 4. The molecule has 0 spiro atoms. The highest BCUT2D eigenvalue weighted by Gasteiger charge is 2.37. The lowest BCUT2D eigenvalue weighted by Crippen LogP contribution is -2.40. The molecule has 0 bridgehead atoms. The Hall–Kier alpha value is -3.06. The Balaban J connectivity index is 1.51. The zero-order valence-electron chi connectivity index (χ0n) is 19.6. The van der Waals surface area contributed by atoms with Gasteiger partial charge in [-0.25, -0.2) is 4.79 Å². The van der Waals surface area contributed by atoms with Gasteiger partial charge in [-0.15, -0.1) is 0 Å². The molecule has 0 unspecified atom stereocenters. The third-order valence-electron chi connectivity index (χ3n) is 5.70. The zero-order valence-corrected chi connectivity index (χ0v) is 22.6. The van der Waals surface area contributed by atoms with E-state index in [0.717, 1.165) is 29.5 Å². The number of ether oxygens (including phenoxy) is 3. The molecule has 188 valence electrons. The van der Waals surface area contributed by atoms with Crippen LogP contribution in [0.1, 0.15) is 28.8 Å². The first-order valence-corrected chi connectivity index (χ1v) is 13.0. The van der Waals surface area contributed by atoms with Crippen molar-refractivity contribution >= 4 is 63.5 Å². The van der Waals surface area contributed by atoms with Crippen molar-refractivity contribution in [2.45, 2.75) is 12.8 Å². The van der Waals surface area contributed by atoms with Gasteiger partial charge in [-0.2, -0.15) is 0 Å². The van der Waals surface area contributed by atoms with Crippen molar-refractivity contribution < 1.29 is 33.4 Å². The van der Waals surface area contributed by atoms with E-state index in [1.54, 1.807) is 47.4 Å². The Bertz CT molecular complexity index is 1240. The van der Waals surface area contributed by atoms with E-state index in [1.165, 1.54) is 14.2 Å². The summed E-state index contributed by atoms with van der Waals surface area (Å²) in [4.78, 5) is 53.2. The summed E-state index contributed by atoms with van der Waals surface area (Å²) in [6.07, 6.45) is 3.42. The van der Waals surface area contributed by atoms with E-state index in [2.05, 4.69) is 0 Å². The highest BCUT2D eigenvalue weighted by Crippen LogP contribution is 2.37. The topological polar surface area (TPSA) is 102 Å². The van der Waals surface area contributed by atoms with Gasteiger partial charge in [0.25, 0.3) is 11.1 Å². The highest BCUT2D eigenvalue weighted by atomic mass is 127. The summed E-state index contributed by atoms with van der Waals surface area (Å²) < 4.78 is 16.7. The summed E-state index contributed by atoms with van der Waals surface area (Å²) in [5.41, 5.74) is 0.923. The van der Waals surface area contributed by atoms with Gasteiger partial charge in [-0.3, -0.25) is 19.3 Å². The van der Waals surface area contributed by atoms with Crippen LogP contribution in [0.4, 0.5) is 4.79 Å². The monoisotopic (exact) mass is 622 g/mol. The Morgan fingerprint density at radius 2 is 1.75 bits per heavy atom. The van der Waals surface area contributed by atoms with Gasteiger partial charge in [-0.1, -0.05) is 0 Å². The summed E-state index contributed by atoms with van der Waals surface area (Å²) in [5, 5.41) is -0.481. The number of halogens is 1. The Labute approximate surface area is 225 Å². The van der Waals surface area contributed by atoms with Crippen LogP contribution < -0.4 is 14.2 Å². The molecule has 2 heterocycles. The molecule has 0 atom stereocenters. The average Bonchev–Trinajstić information content (AvgIpc) is 3.50. The molecule has 0 aliphatic carbocycles. The molecule has 11 heteroatoms. The minimum atomic E-state index is -0.564. The normalized spacial score (nSPS) is 16.6. The fourth-order valence-corrected chi connectivity index (χ4v) is 5.36. The number of benzene rings is 2. The molecular formula is C25H23IN2O7S. The second-order valence-corrected chi connectivity index (χ2v) is 10.2. The molecule has 2 aliphatic heterocycles. The number of likely N-dealkylation sites (tertiary alicyclic amines) is 1. The number of esters is 1. The number of carbonyl (C=O) groups is 4. The zero-order chi connectivity index (χ0) is 25.8. The van der Waals surface area contributed by atoms with Crippen molar-refractivity contribution in [1.29, 1.82) is 0 Å². The fourth-order valence-electron chi connectivity index (χ4n) is 3.79. The summed E-state index contributed by atoms with van der Waals surface area (Å²) >= 11 is 2.80. The minimum Gasteiger partial charge on any atom is -0.497 e. The molecule has 2 aromatic rings. The molecule has 9 nitrogen and oxygen atoms in total. The molecular weight excluding hydrogens is 599 g/mol. The minimum absolute atomic E-state index is 0.204. The standard InChI is InChI=1S/C25H23IN2O7S/c1-33-17-7-5-16(6-8-17)24(31)35-22-18(26)11-15(12-19(22)34-2)13-20-23(30)28(25(32)36-20)14-21(29)27-9-3-4-10-27/h5-8,11-13H,3-4,9-10,14H2,1-2H3/b20-13-.